The van der Waals surface area contributed by atoms with Gasteiger partial charge in [-0.15, -0.1) is 12.4 Å². The molecule has 1 aromatic heterocycles. The lowest BCUT2D eigenvalue weighted by Crippen LogP contribution is -2.21. The second kappa shape index (κ2) is 9.97. The summed E-state index contributed by atoms with van der Waals surface area (Å²) in [6, 6.07) is 5.82. The molecule has 0 aliphatic rings. The van der Waals surface area contributed by atoms with Crippen molar-refractivity contribution in [2.75, 3.05) is 39.1 Å². The van der Waals surface area contributed by atoms with E-state index in [0.717, 1.165) is 38.4 Å². The number of nitrogens with zero attached hydrogens (tertiary/aromatic N) is 2. The van der Waals surface area contributed by atoms with Crippen molar-refractivity contribution in [3.05, 3.63) is 18.2 Å². The minimum atomic E-state index is 0. The van der Waals surface area contributed by atoms with Crippen LogP contribution in [-0.4, -0.2) is 43.7 Å². The third kappa shape index (κ3) is 7.35. The maximum atomic E-state index is 5.55. The molecule has 5 heteroatoms. The van der Waals surface area contributed by atoms with Gasteiger partial charge in [0.25, 0.3) is 0 Å². The van der Waals surface area contributed by atoms with Crippen LogP contribution in [0.5, 0.6) is 5.88 Å². The number of unbranched alkanes of at least 4 members (excludes halogenated alkanes) is 1. The minimum Gasteiger partial charge on any atom is -0.478 e. The first-order valence-corrected chi connectivity index (χ1v) is 6.21. The summed E-state index contributed by atoms with van der Waals surface area (Å²) >= 11 is 0. The smallest absolute Gasteiger partial charge is 0.215 e. The number of rotatable bonds is 8. The fraction of sp³-hybridized carbons (Fsp3) is 0.615. The van der Waals surface area contributed by atoms with Crippen molar-refractivity contribution >= 4 is 18.2 Å². The average Bonchev–Trinajstić information content (AvgIpc) is 2.29. The van der Waals surface area contributed by atoms with E-state index in [0.29, 0.717) is 5.88 Å². The Kier molecular flexibility index (Phi) is 9.42. The number of hydrogen-bond donors (Lipinski definition) is 1. The van der Waals surface area contributed by atoms with E-state index in [1.807, 2.05) is 18.2 Å². The summed E-state index contributed by atoms with van der Waals surface area (Å²) in [7, 11) is 4.11. The average molecular weight is 274 g/mol. The molecular weight excluding hydrogens is 250 g/mol. The molecule has 0 aromatic carbocycles. The Labute approximate surface area is 116 Å². The molecule has 0 radical (unpaired) electrons. The lowest BCUT2D eigenvalue weighted by molar-refractivity contribution is 0.298. The van der Waals surface area contributed by atoms with Gasteiger partial charge in [-0.1, -0.05) is 19.4 Å². The zero-order chi connectivity index (χ0) is 12.5. The van der Waals surface area contributed by atoms with Crippen molar-refractivity contribution in [1.82, 2.24) is 9.88 Å². The third-order valence-electron chi connectivity index (χ3n) is 2.34. The molecule has 1 N–H and O–H groups in total. The highest BCUT2D eigenvalue weighted by Crippen LogP contribution is 2.11. The van der Waals surface area contributed by atoms with E-state index in [-0.39, 0.29) is 12.4 Å². The molecule has 18 heavy (non-hydrogen) atoms. The van der Waals surface area contributed by atoms with Crippen LogP contribution < -0.4 is 10.1 Å². The second-order valence-electron chi connectivity index (χ2n) is 4.29. The van der Waals surface area contributed by atoms with E-state index in [1.54, 1.807) is 0 Å². The van der Waals surface area contributed by atoms with Gasteiger partial charge in [0.15, 0.2) is 0 Å². The molecule has 0 spiro atoms. The lowest BCUT2D eigenvalue weighted by atomic mass is 10.4. The van der Waals surface area contributed by atoms with E-state index in [4.69, 9.17) is 4.74 Å². The highest BCUT2D eigenvalue weighted by atomic mass is 35.5. The summed E-state index contributed by atoms with van der Waals surface area (Å²) < 4.78 is 5.55. The summed E-state index contributed by atoms with van der Waals surface area (Å²) in [4.78, 5) is 6.52. The maximum Gasteiger partial charge on any atom is 0.215 e. The quantitative estimate of drug-likeness (QED) is 0.739. The molecule has 0 aliphatic carbocycles. The first-order chi connectivity index (χ1) is 8.22. The largest absolute Gasteiger partial charge is 0.478 e. The van der Waals surface area contributed by atoms with Crippen LogP contribution in [0.25, 0.3) is 0 Å². The van der Waals surface area contributed by atoms with Crippen LogP contribution in [0.1, 0.15) is 19.8 Å². The second-order valence-corrected chi connectivity index (χ2v) is 4.29. The number of likely N-dealkylation sites (N-methyl/N-ethyl adjacent to an activating group) is 1. The monoisotopic (exact) mass is 273 g/mol. The molecule has 0 atom stereocenters. The van der Waals surface area contributed by atoms with E-state index in [9.17, 15) is 0 Å². The normalized spacial score (nSPS) is 10.0. The van der Waals surface area contributed by atoms with Gasteiger partial charge < -0.3 is 15.0 Å². The fourth-order valence-corrected chi connectivity index (χ4v) is 1.32. The highest BCUT2D eigenvalue weighted by molar-refractivity contribution is 5.85. The van der Waals surface area contributed by atoms with Crippen LogP contribution in [0.2, 0.25) is 0 Å². The lowest BCUT2D eigenvalue weighted by Gasteiger charge is -2.11. The van der Waals surface area contributed by atoms with Crippen molar-refractivity contribution in [2.24, 2.45) is 0 Å². The molecule has 0 bridgehead atoms. The molecule has 1 rings (SSSR count). The molecule has 0 fully saturated rings. The zero-order valence-corrected chi connectivity index (χ0v) is 12.3. The first-order valence-electron chi connectivity index (χ1n) is 6.21. The van der Waals surface area contributed by atoms with Gasteiger partial charge in [-0.05, 0) is 26.6 Å². The molecule has 0 amide bonds. The van der Waals surface area contributed by atoms with E-state index >= 15 is 0 Å². The first kappa shape index (κ1) is 17.0. The molecule has 1 aromatic rings. The van der Waals surface area contributed by atoms with Gasteiger partial charge in [-0.2, -0.15) is 4.98 Å². The minimum absolute atomic E-state index is 0. The molecule has 4 nitrogen and oxygen atoms in total. The predicted octanol–water partition coefficient (Wildman–Crippen LogP) is 2.66. The van der Waals surface area contributed by atoms with Crippen LogP contribution in [0.15, 0.2) is 18.2 Å². The van der Waals surface area contributed by atoms with E-state index in [2.05, 4.69) is 36.2 Å². The third-order valence-corrected chi connectivity index (χ3v) is 2.34. The van der Waals surface area contributed by atoms with E-state index in [1.165, 1.54) is 0 Å². The van der Waals surface area contributed by atoms with Crippen LogP contribution in [0.3, 0.4) is 0 Å². The van der Waals surface area contributed by atoms with Gasteiger partial charge in [-0.3, -0.25) is 0 Å². The predicted molar refractivity (Wildman–Crippen MR) is 78.9 cm³/mol. The van der Waals surface area contributed by atoms with Gasteiger partial charge >= 0.3 is 0 Å². The summed E-state index contributed by atoms with van der Waals surface area (Å²) in [5.74, 6) is 1.58. The van der Waals surface area contributed by atoms with Gasteiger partial charge in [0.2, 0.25) is 5.88 Å². The Balaban J connectivity index is 0.00000289. The van der Waals surface area contributed by atoms with Crippen molar-refractivity contribution in [1.29, 1.82) is 0 Å². The number of halogens is 1. The number of aromatic nitrogens is 1. The summed E-state index contributed by atoms with van der Waals surface area (Å²) in [5, 5.41) is 3.27. The fourth-order valence-electron chi connectivity index (χ4n) is 1.32. The molecule has 0 saturated heterocycles. The van der Waals surface area contributed by atoms with Gasteiger partial charge in [0.05, 0.1) is 6.61 Å². The maximum absolute atomic E-state index is 5.55. The number of hydrogen-bond acceptors (Lipinski definition) is 4. The number of nitrogens with one attached hydrogen (secondary N) is 1. The SMILES string of the molecule is CCCCOc1cccc(NCCN(C)C)n1.Cl. The molecule has 104 valence electrons. The summed E-state index contributed by atoms with van der Waals surface area (Å²) in [6.07, 6.45) is 2.21. The Morgan fingerprint density at radius 1 is 1.33 bits per heavy atom. The van der Waals surface area contributed by atoms with Crippen molar-refractivity contribution in [3.63, 3.8) is 0 Å². The van der Waals surface area contributed by atoms with Crippen LogP contribution in [-0.2, 0) is 0 Å². The van der Waals surface area contributed by atoms with Gasteiger partial charge in [-0.25, -0.2) is 0 Å². The van der Waals surface area contributed by atoms with Crippen molar-refractivity contribution in [3.8, 4) is 5.88 Å². The molecule has 0 unspecified atom stereocenters. The Bertz CT molecular complexity index is 321. The number of pyridine rings is 1. The summed E-state index contributed by atoms with van der Waals surface area (Å²) in [6.45, 7) is 4.77. The van der Waals surface area contributed by atoms with Crippen molar-refractivity contribution in [2.45, 2.75) is 19.8 Å². The Morgan fingerprint density at radius 3 is 2.78 bits per heavy atom. The number of ether oxygens (including phenoxy) is 1. The van der Waals surface area contributed by atoms with Gasteiger partial charge in [0.1, 0.15) is 5.82 Å². The molecule has 0 aliphatic heterocycles. The highest BCUT2D eigenvalue weighted by Gasteiger charge is 1.98. The standard InChI is InChI=1S/C13H23N3O.ClH/c1-4-5-11-17-13-8-6-7-12(15-13)14-9-10-16(2)3;/h6-8H,4-5,9-11H2,1-3H3,(H,14,15);1H. The molecule has 1 heterocycles. The molecular formula is C13H24ClN3O. The number of anilines is 1. The zero-order valence-electron chi connectivity index (χ0n) is 11.5. The van der Waals surface area contributed by atoms with Crippen LogP contribution in [0, 0.1) is 0 Å². The summed E-state index contributed by atoms with van der Waals surface area (Å²) in [5.41, 5.74) is 0. The topological polar surface area (TPSA) is 37.4 Å². The van der Waals surface area contributed by atoms with E-state index < -0.39 is 0 Å². The molecule has 0 saturated carbocycles. The van der Waals surface area contributed by atoms with Crippen LogP contribution in [0.4, 0.5) is 5.82 Å². The van der Waals surface area contributed by atoms with Crippen molar-refractivity contribution < 1.29 is 4.74 Å². The Morgan fingerprint density at radius 2 is 2.11 bits per heavy atom. The Hall–Kier alpha value is -1.00. The van der Waals surface area contributed by atoms with Gasteiger partial charge in [0, 0.05) is 19.2 Å². The van der Waals surface area contributed by atoms with Crippen LogP contribution >= 0.6 is 12.4 Å².